The Morgan fingerprint density at radius 2 is 1.87 bits per heavy atom. The van der Waals surface area contributed by atoms with Gasteiger partial charge in [0.1, 0.15) is 5.75 Å². The van der Waals surface area contributed by atoms with Gasteiger partial charge in [-0.2, -0.15) is 5.26 Å². The first-order chi connectivity index (χ1) is 7.03. The Bertz CT molecular complexity index is 448. The molecule has 0 aliphatic rings. The highest BCUT2D eigenvalue weighted by molar-refractivity contribution is 5.47. The van der Waals surface area contributed by atoms with Gasteiger partial charge in [-0.15, -0.1) is 13.2 Å². The van der Waals surface area contributed by atoms with Gasteiger partial charge >= 0.3 is 6.36 Å². The Balaban J connectivity index is 3.03. The van der Waals surface area contributed by atoms with Gasteiger partial charge in [-0.05, 0) is 18.1 Å². The van der Waals surface area contributed by atoms with E-state index in [1.807, 2.05) is 5.92 Å². The van der Waals surface area contributed by atoms with Crippen LogP contribution >= 0.6 is 0 Å². The summed E-state index contributed by atoms with van der Waals surface area (Å²) in [4.78, 5) is 0. The lowest BCUT2D eigenvalue weighted by Crippen LogP contribution is -2.17. The molecule has 0 aliphatic carbocycles. The number of hydrogen-bond donors (Lipinski definition) is 0. The number of para-hydroxylation sites is 1. The van der Waals surface area contributed by atoms with Gasteiger partial charge in [0.2, 0.25) is 0 Å². The van der Waals surface area contributed by atoms with Gasteiger partial charge in [-0.1, -0.05) is 12.1 Å². The fraction of sp³-hybridized carbons (Fsp3) is 0.100. The van der Waals surface area contributed by atoms with Gasteiger partial charge in [0.15, 0.2) is 6.07 Å². The van der Waals surface area contributed by atoms with Crippen LogP contribution < -0.4 is 4.74 Å². The third-order valence-corrected chi connectivity index (χ3v) is 1.37. The minimum atomic E-state index is -4.76. The quantitative estimate of drug-likeness (QED) is 0.668. The number of nitrogens with zero attached hydrogens (tertiary/aromatic N) is 1. The average Bonchev–Trinajstić information content (AvgIpc) is 2.14. The standard InChI is InChI=1S/C10H4F3NO/c11-10(12,13)15-9-6-2-1-4-8(9)5-3-7-14/h1-2,4,6H. The van der Waals surface area contributed by atoms with Gasteiger partial charge in [0.25, 0.3) is 0 Å². The van der Waals surface area contributed by atoms with Crippen molar-refractivity contribution < 1.29 is 17.9 Å². The summed E-state index contributed by atoms with van der Waals surface area (Å²) in [5, 5.41) is 8.16. The second kappa shape index (κ2) is 4.39. The largest absolute Gasteiger partial charge is 0.573 e. The molecule has 76 valence electrons. The van der Waals surface area contributed by atoms with Crippen LogP contribution in [-0.4, -0.2) is 6.36 Å². The van der Waals surface area contributed by atoms with Gasteiger partial charge in [0, 0.05) is 5.92 Å². The van der Waals surface area contributed by atoms with E-state index in [9.17, 15) is 13.2 Å². The monoisotopic (exact) mass is 211 g/mol. The number of rotatable bonds is 1. The molecule has 0 saturated carbocycles. The van der Waals surface area contributed by atoms with Crippen LogP contribution in [0.2, 0.25) is 0 Å². The number of nitriles is 1. The number of ether oxygens (including phenoxy) is 1. The Morgan fingerprint density at radius 1 is 1.20 bits per heavy atom. The smallest absolute Gasteiger partial charge is 0.404 e. The van der Waals surface area contributed by atoms with Crippen LogP contribution in [0.3, 0.4) is 0 Å². The van der Waals surface area contributed by atoms with Crippen LogP contribution in [0.25, 0.3) is 0 Å². The van der Waals surface area contributed by atoms with Crippen molar-refractivity contribution in [3.05, 3.63) is 29.8 Å². The van der Waals surface area contributed by atoms with E-state index in [0.29, 0.717) is 0 Å². The second-order valence-corrected chi connectivity index (χ2v) is 2.41. The minimum absolute atomic E-state index is 0.0244. The normalized spacial score (nSPS) is 9.73. The van der Waals surface area contributed by atoms with Crippen LogP contribution in [-0.2, 0) is 0 Å². The molecule has 0 fully saturated rings. The summed E-state index contributed by atoms with van der Waals surface area (Å²) in [5.74, 6) is 3.84. The van der Waals surface area contributed by atoms with Crippen molar-refractivity contribution in [2.45, 2.75) is 6.36 Å². The van der Waals surface area contributed by atoms with Crippen molar-refractivity contribution in [3.63, 3.8) is 0 Å². The van der Waals surface area contributed by atoms with E-state index in [0.717, 1.165) is 6.07 Å². The zero-order chi connectivity index (χ0) is 11.3. The summed E-state index contributed by atoms with van der Waals surface area (Å²) in [5.41, 5.74) is 0.0244. The molecule has 0 aliphatic heterocycles. The lowest BCUT2D eigenvalue weighted by Gasteiger charge is -2.09. The maximum absolute atomic E-state index is 11.9. The number of hydrogen-bond acceptors (Lipinski definition) is 2. The van der Waals surface area contributed by atoms with E-state index in [2.05, 4.69) is 10.7 Å². The van der Waals surface area contributed by atoms with Gasteiger partial charge < -0.3 is 4.74 Å². The number of benzene rings is 1. The highest BCUT2D eigenvalue weighted by Gasteiger charge is 2.31. The molecule has 0 heterocycles. The third kappa shape index (κ3) is 3.61. The van der Waals surface area contributed by atoms with E-state index in [1.54, 1.807) is 0 Å². The van der Waals surface area contributed by atoms with E-state index < -0.39 is 12.1 Å². The van der Waals surface area contributed by atoms with Crippen LogP contribution in [0.4, 0.5) is 13.2 Å². The van der Waals surface area contributed by atoms with Crippen LogP contribution in [0.15, 0.2) is 24.3 Å². The molecule has 1 aromatic carbocycles. The molecule has 0 saturated heterocycles. The molecule has 0 aromatic heterocycles. The van der Waals surface area contributed by atoms with Crippen molar-refractivity contribution in [1.29, 1.82) is 5.26 Å². The average molecular weight is 211 g/mol. The Kier molecular flexibility index (Phi) is 3.20. The second-order valence-electron chi connectivity index (χ2n) is 2.41. The first kappa shape index (κ1) is 10.9. The van der Waals surface area contributed by atoms with E-state index in [1.165, 1.54) is 24.3 Å². The summed E-state index contributed by atoms with van der Waals surface area (Å²) in [7, 11) is 0. The molecule has 0 spiro atoms. The molecule has 0 N–H and O–H groups in total. The molecule has 0 unspecified atom stereocenters. The summed E-state index contributed by atoms with van der Waals surface area (Å²) in [6.07, 6.45) is -4.76. The highest BCUT2D eigenvalue weighted by Crippen LogP contribution is 2.25. The predicted octanol–water partition coefficient (Wildman–Crippen LogP) is 2.46. The molecular formula is C10H4F3NO. The Labute approximate surface area is 83.9 Å². The highest BCUT2D eigenvalue weighted by atomic mass is 19.4. The first-order valence-electron chi connectivity index (χ1n) is 3.78. The van der Waals surface area contributed by atoms with Crippen molar-refractivity contribution in [2.24, 2.45) is 0 Å². The minimum Gasteiger partial charge on any atom is -0.404 e. The molecule has 2 nitrogen and oxygen atoms in total. The molecule has 0 atom stereocenters. The maximum atomic E-state index is 11.9. The van der Waals surface area contributed by atoms with Crippen molar-refractivity contribution in [2.75, 3.05) is 0 Å². The lowest BCUT2D eigenvalue weighted by atomic mass is 10.2. The van der Waals surface area contributed by atoms with Gasteiger partial charge in [0.05, 0.1) is 5.56 Å². The van der Waals surface area contributed by atoms with Crippen molar-refractivity contribution >= 4 is 0 Å². The zero-order valence-corrected chi connectivity index (χ0v) is 7.30. The van der Waals surface area contributed by atoms with Crippen LogP contribution in [0, 0.1) is 23.2 Å². The van der Waals surface area contributed by atoms with Gasteiger partial charge in [-0.3, -0.25) is 0 Å². The number of halogens is 3. The Hall–Kier alpha value is -2.14. The Morgan fingerprint density at radius 3 is 2.47 bits per heavy atom. The van der Waals surface area contributed by atoms with E-state index in [4.69, 9.17) is 5.26 Å². The zero-order valence-electron chi connectivity index (χ0n) is 7.30. The van der Waals surface area contributed by atoms with Crippen molar-refractivity contribution in [3.8, 4) is 23.7 Å². The summed E-state index contributed by atoms with van der Waals surface area (Å²) < 4.78 is 39.4. The molecule has 1 rings (SSSR count). The molecule has 0 amide bonds. The summed E-state index contributed by atoms with van der Waals surface area (Å²) in [6, 6.07) is 6.87. The molecule has 0 radical (unpaired) electrons. The first-order valence-corrected chi connectivity index (χ1v) is 3.78. The fourth-order valence-electron chi connectivity index (χ4n) is 0.879. The topological polar surface area (TPSA) is 33.0 Å². The molecule has 1 aromatic rings. The molecular weight excluding hydrogens is 207 g/mol. The van der Waals surface area contributed by atoms with Crippen LogP contribution in [0.1, 0.15) is 5.56 Å². The van der Waals surface area contributed by atoms with Gasteiger partial charge in [-0.25, -0.2) is 0 Å². The SMILES string of the molecule is N#CC#Cc1ccccc1OC(F)(F)F. The lowest BCUT2D eigenvalue weighted by molar-refractivity contribution is -0.274. The molecule has 5 heteroatoms. The van der Waals surface area contributed by atoms with Crippen molar-refractivity contribution in [1.82, 2.24) is 0 Å². The van der Waals surface area contributed by atoms with Crippen LogP contribution in [0.5, 0.6) is 5.75 Å². The van der Waals surface area contributed by atoms with E-state index in [-0.39, 0.29) is 5.56 Å². The summed E-state index contributed by atoms with van der Waals surface area (Å²) in [6.45, 7) is 0. The molecule has 15 heavy (non-hydrogen) atoms. The number of alkyl halides is 3. The molecule has 0 bridgehead atoms. The van der Waals surface area contributed by atoms with E-state index >= 15 is 0 Å². The fourth-order valence-corrected chi connectivity index (χ4v) is 0.879. The predicted molar refractivity (Wildman–Crippen MR) is 45.6 cm³/mol. The third-order valence-electron chi connectivity index (χ3n) is 1.37. The summed E-state index contributed by atoms with van der Waals surface area (Å²) >= 11 is 0. The maximum Gasteiger partial charge on any atom is 0.573 e.